The van der Waals surface area contributed by atoms with Gasteiger partial charge < -0.3 is 5.32 Å². The molecule has 0 saturated heterocycles. The molecule has 2 atom stereocenters. The maximum Gasteiger partial charge on any atom is 0.270 e. The van der Waals surface area contributed by atoms with Crippen molar-refractivity contribution in [1.82, 2.24) is 10.3 Å². The Labute approximate surface area is 119 Å². The molecule has 0 radical (unpaired) electrons. The average Bonchev–Trinajstić information content (AvgIpc) is 2.39. The van der Waals surface area contributed by atoms with Crippen molar-refractivity contribution in [3.63, 3.8) is 0 Å². The van der Waals surface area contributed by atoms with Gasteiger partial charge in [0, 0.05) is 17.3 Å². The topological polar surface area (TPSA) is 42.0 Å². The minimum atomic E-state index is -0.111. The van der Waals surface area contributed by atoms with E-state index in [2.05, 4.69) is 24.1 Å². The minimum absolute atomic E-state index is 0.111. The third-order valence-corrected chi connectivity index (χ3v) is 4.18. The van der Waals surface area contributed by atoms with E-state index >= 15 is 0 Å². The van der Waals surface area contributed by atoms with Crippen LogP contribution in [0.15, 0.2) is 18.3 Å². The predicted octanol–water partition coefficient (Wildman–Crippen LogP) is 3.68. The van der Waals surface area contributed by atoms with Crippen LogP contribution in [0, 0.1) is 11.8 Å². The van der Waals surface area contributed by atoms with Crippen molar-refractivity contribution in [3.8, 4) is 0 Å². The number of aromatic nitrogens is 1. The Balaban J connectivity index is 2.04. The van der Waals surface area contributed by atoms with E-state index in [9.17, 15) is 4.79 Å². The lowest BCUT2D eigenvalue weighted by molar-refractivity contribution is 0.0884. The van der Waals surface area contributed by atoms with Crippen molar-refractivity contribution < 1.29 is 4.79 Å². The SMILES string of the molecule is CC(C)C1CCCCC1NC(=O)c1cc(Cl)ccn1. The maximum atomic E-state index is 12.2. The number of nitrogens with zero attached hydrogens (tertiary/aromatic N) is 1. The first-order valence-electron chi connectivity index (χ1n) is 7.00. The first-order valence-corrected chi connectivity index (χ1v) is 7.38. The molecular formula is C15H21ClN2O. The summed E-state index contributed by atoms with van der Waals surface area (Å²) in [7, 11) is 0. The van der Waals surface area contributed by atoms with Crippen LogP contribution in [0.3, 0.4) is 0 Å². The summed E-state index contributed by atoms with van der Waals surface area (Å²) in [6, 6.07) is 3.56. The molecule has 1 aromatic heterocycles. The van der Waals surface area contributed by atoms with Gasteiger partial charge in [-0.05, 0) is 36.8 Å². The first-order chi connectivity index (χ1) is 9.08. The van der Waals surface area contributed by atoms with Gasteiger partial charge >= 0.3 is 0 Å². The van der Waals surface area contributed by atoms with Crippen LogP contribution in [-0.4, -0.2) is 16.9 Å². The summed E-state index contributed by atoms with van der Waals surface area (Å²) in [6.45, 7) is 4.46. The van der Waals surface area contributed by atoms with Gasteiger partial charge in [0.15, 0.2) is 0 Å². The smallest absolute Gasteiger partial charge is 0.270 e. The standard InChI is InChI=1S/C15H21ClN2O/c1-10(2)12-5-3-4-6-13(12)18-15(19)14-9-11(16)7-8-17-14/h7-10,12-13H,3-6H2,1-2H3,(H,18,19). The maximum absolute atomic E-state index is 12.2. The summed E-state index contributed by atoms with van der Waals surface area (Å²) in [4.78, 5) is 16.3. The molecule has 3 nitrogen and oxygen atoms in total. The van der Waals surface area contributed by atoms with Crippen molar-refractivity contribution in [2.75, 3.05) is 0 Å². The second-order valence-corrected chi connectivity index (χ2v) is 6.07. The molecule has 19 heavy (non-hydrogen) atoms. The lowest BCUT2D eigenvalue weighted by Gasteiger charge is -2.34. The van der Waals surface area contributed by atoms with Crippen molar-refractivity contribution in [3.05, 3.63) is 29.0 Å². The fourth-order valence-electron chi connectivity index (χ4n) is 2.91. The van der Waals surface area contributed by atoms with Crippen LogP contribution in [0.1, 0.15) is 50.0 Å². The van der Waals surface area contributed by atoms with Gasteiger partial charge in [0.1, 0.15) is 5.69 Å². The molecule has 1 aliphatic rings. The molecule has 0 aliphatic heterocycles. The molecule has 104 valence electrons. The van der Waals surface area contributed by atoms with E-state index in [1.165, 1.54) is 19.3 Å². The Bertz CT molecular complexity index is 448. The summed E-state index contributed by atoms with van der Waals surface area (Å²) >= 11 is 5.89. The predicted molar refractivity (Wildman–Crippen MR) is 77.3 cm³/mol. The van der Waals surface area contributed by atoms with Gasteiger partial charge in [-0.15, -0.1) is 0 Å². The monoisotopic (exact) mass is 280 g/mol. The van der Waals surface area contributed by atoms with Gasteiger partial charge in [-0.25, -0.2) is 0 Å². The van der Waals surface area contributed by atoms with E-state index in [-0.39, 0.29) is 11.9 Å². The number of pyridine rings is 1. The summed E-state index contributed by atoms with van der Waals surface area (Å²) in [5.74, 6) is 1.05. The molecule has 2 rings (SSSR count). The second kappa shape index (κ2) is 6.38. The largest absolute Gasteiger partial charge is 0.348 e. The fourth-order valence-corrected chi connectivity index (χ4v) is 3.07. The zero-order valence-electron chi connectivity index (χ0n) is 11.5. The molecule has 1 amide bonds. The van der Waals surface area contributed by atoms with E-state index in [1.54, 1.807) is 18.3 Å². The zero-order chi connectivity index (χ0) is 13.8. The van der Waals surface area contributed by atoms with Crippen LogP contribution in [-0.2, 0) is 0 Å². The number of hydrogen-bond donors (Lipinski definition) is 1. The van der Waals surface area contributed by atoms with Gasteiger partial charge in [-0.3, -0.25) is 9.78 Å². The molecule has 0 spiro atoms. The summed E-state index contributed by atoms with van der Waals surface area (Å²) in [5, 5.41) is 3.68. The molecule has 1 fully saturated rings. The Morgan fingerprint density at radius 1 is 1.42 bits per heavy atom. The van der Waals surface area contributed by atoms with Crippen molar-refractivity contribution >= 4 is 17.5 Å². The lowest BCUT2D eigenvalue weighted by Crippen LogP contribution is -2.44. The fraction of sp³-hybridized carbons (Fsp3) is 0.600. The number of amides is 1. The first kappa shape index (κ1) is 14.3. The van der Waals surface area contributed by atoms with Crippen LogP contribution >= 0.6 is 11.6 Å². The number of halogens is 1. The Morgan fingerprint density at radius 3 is 2.84 bits per heavy atom. The van der Waals surface area contributed by atoms with Crippen molar-refractivity contribution in [2.45, 2.75) is 45.6 Å². The van der Waals surface area contributed by atoms with Crippen LogP contribution in [0.2, 0.25) is 5.02 Å². The molecule has 1 saturated carbocycles. The van der Waals surface area contributed by atoms with Crippen LogP contribution in [0.4, 0.5) is 0 Å². The van der Waals surface area contributed by atoms with Crippen LogP contribution < -0.4 is 5.32 Å². The molecule has 1 N–H and O–H groups in total. The van der Waals surface area contributed by atoms with Gasteiger partial charge in [0.25, 0.3) is 5.91 Å². The summed E-state index contributed by atoms with van der Waals surface area (Å²) in [5.41, 5.74) is 0.403. The molecule has 2 unspecified atom stereocenters. The average molecular weight is 281 g/mol. The molecule has 0 aromatic carbocycles. The number of carbonyl (C=O) groups is 1. The quantitative estimate of drug-likeness (QED) is 0.918. The normalized spacial score (nSPS) is 23.4. The Hall–Kier alpha value is -1.09. The van der Waals surface area contributed by atoms with E-state index in [4.69, 9.17) is 11.6 Å². The van der Waals surface area contributed by atoms with E-state index in [0.29, 0.717) is 22.6 Å². The van der Waals surface area contributed by atoms with Gasteiger partial charge in [0.2, 0.25) is 0 Å². The molecule has 0 bridgehead atoms. The lowest BCUT2D eigenvalue weighted by atomic mass is 9.78. The summed E-state index contributed by atoms with van der Waals surface area (Å²) < 4.78 is 0. The zero-order valence-corrected chi connectivity index (χ0v) is 12.3. The van der Waals surface area contributed by atoms with Gasteiger partial charge in [-0.1, -0.05) is 38.3 Å². The number of carbonyl (C=O) groups excluding carboxylic acids is 1. The highest BCUT2D eigenvalue weighted by molar-refractivity contribution is 6.30. The van der Waals surface area contributed by atoms with E-state index in [1.807, 2.05) is 0 Å². The third-order valence-electron chi connectivity index (χ3n) is 3.95. The highest BCUT2D eigenvalue weighted by atomic mass is 35.5. The van der Waals surface area contributed by atoms with Gasteiger partial charge in [-0.2, -0.15) is 0 Å². The minimum Gasteiger partial charge on any atom is -0.348 e. The van der Waals surface area contributed by atoms with Crippen molar-refractivity contribution in [1.29, 1.82) is 0 Å². The highest BCUT2D eigenvalue weighted by Gasteiger charge is 2.29. The molecule has 1 aromatic rings. The van der Waals surface area contributed by atoms with E-state index < -0.39 is 0 Å². The molecule has 4 heteroatoms. The number of rotatable bonds is 3. The van der Waals surface area contributed by atoms with E-state index in [0.717, 1.165) is 6.42 Å². The molecule has 1 aliphatic carbocycles. The highest BCUT2D eigenvalue weighted by Crippen LogP contribution is 2.30. The number of hydrogen-bond acceptors (Lipinski definition) is 2. The Morgan fingerprint density at radius 2 is 2.16 bits per heavy atom. The number of nitrogens with one attached hydrogen (secondary N) is 1. The van der Waals surface area contributed by atoms with Gasteiger partial charge in [0.05, 0.1) is 0 Å². The van der Waals surface area contributed by atoms with Crippen LogP contribution in [0.5, 0.6) is 0 Å². The Kier molecular flexibility index (Phi) is 4.81. The third kappa shape index (κ3) is 3.69. The molecule has 1 heterocycles. The summed E-state index contributed by atoms with van der Waals surface area (Å²) in [6.07, 6.45) is 6.29. The van der Waals surface area contributed by atoms with Crippen LogP contribution in [0.25, 0.3) is 0 Å². The van der Waals surface area contributed by atoms with Crippen molar-refractivity contribution in [2.24, 2.45) is 11.8 Å². The second-order valence-electron chi connectivity index (χ2n) is 5.63. The molecular weight excluding hydrogens is 260 g/mol.